The number of anilines is 3. The molecular weight excluding hydrogens is 542 g/mol. The molecule has 0 aliphatic carbocycles. The van der Waals surface area contributed by atoms with Gasteiger partial charge in [-0.1, -0.05) is 35.9 Å². The highest BCUT2D eigenvalue weighted by molar-refractivity contribution is 6.35. The van der Waals surface area contributed by atoms with Gasteiger partial charge in [-0.2, -0.15) is 0 Å². The molecule has 7 rings (SSSR count). The first-order valence-electron chi connectivity index (χ1n) is 13.4. The number of aromatic amines is 1. The van der Waals surface area contributed by atoms with E-state index in [9.17, 15) is 19.2 Å². The van der Waals surface area contributed by atoms with Crippen molar-refractivity contribution in [2.24, 2.45) is 11.8 Å². The number of amides is 4. The molecule has 0 bridgehead atoms. The molecule has 4 aromatic rings. The Bertz CT molecular complexity index is 1800. The minimum atomic E-state index is -1.47. The van der Waals surface area contributed by atoms with Gasteiger partial charge < -0.3 is 15.6 Å². The van der Waals surface area contributed by atoms with Crippen LogP contribution in [-0.4, -0.2) is 34.7 Å². The number of rotatable bonds is 4. The summed E-state index contributed by atoms with van der Waals surface area (Å²) < 4.78 is 0. The lowest BCUT2D eigenvalue weighted by Crippen LogP contribution is -2.53. The number of nitrogens with one attached hydrogen (secondary N) is 4. The summed E-state index contributed by atoms with van der Waals surface area (Å²) in [7, 11) is 0. The van der Waals surface area contributed by atoms with Gasteiger partial charge in [-0.15, -0.1) is 0 Å². The molecule has 3 aliphatic rings. The lowest BCUT2D eigenvalue weighted by molar-refractivity contribution is -0.130. The number of fused-ring (bicyclic) bond motifs is 5. The summed E-state index contributed by atoms with van der Waals surface area (Å²) in [6, 6.07) is 17.5. The molecule has 0 radical (unpaired) electrons. The summed E-state index contributed by atoms with van der Waals surface area (Å²) in [4.78, 5) is 58.3. The van der Waals surface area contributed by atoms with Gasteiger partial charge in [-0.25, -0.2) is 4.90 Å². The molecule has 206 valence electrons. The molecule has 2 fully saturated rings. The Hall–Kier alpha value is -4.47. The van der Waals surface area contributed by atoms with Gasteiger partial charge in [-0.3, -0.25) is 24.5 Å². The Morgan fingerprint density at radius 2 is 1.80 bits per heavy atom. The van der Waals surface area contributed by atoms with E-state index in [1.54, 1.807) is 30.3 Å². The van der Waals surface area contributed by atoms with Crippen LogP contribution in [0.15, 0.2) is 66.9 Å². The van der Waals surface area contributed by atoms with Gasteiger partial charge in [0.1, 0.15) is 5.54 Å². The highest BCUT2D eigenvalue weighted by Gasteiger charge is 2.70. The second-order valence-corrected chi connectivity index (χ2v) is 11.4. The monoisotopic (exact) mass is 567 g/mol. The van der Waals surface area contributed by atoms with E-state index < -0.39 is 35.2 Å². The van der Waals surface area contributed by atoms with Crippen molar-refractivity contribution in [3.05, 3.63) is 88.6 Å². The highest BCUT2D eigenvalue weighted by atomic mass is 35.5. The molecule has 1 spiro atoms. The summed E-state index contributed by atoms with van der Waals surface area (Å²) in [5.41, 5.74) is 3.28. The van der Waals surface area contributed by atoms with Crippen molar-refractivity contribution >= 4 is 63.2 Å². The first-order valence-corrected chi connectivity index (χ1v) is 13.8. The van der Waals surface area contributed by atoms with Crippen molar-refractivity contribution < 1.29 is 19.2 Å². The number of H-pyrrole nitrogens is 1. The zero-order valence-corrected chi connectivity index (χ0v) is 23.0. The second-order valence-electron chi connectivity index (χ2n) is 11.0. The fourth-order valence-electron chi connectivity index (χ4n) is 6.86. The molecule has 0 unspecified atom stereocenters. The number of benzene rings is 3. The maximum Gasteiger partial charge on any atom is 0.250 e. The number of hydrogen-bond donors (Lipinski definition) is 4. The molecular formula is C31H26ClN5O4. The van der Waals surface area contributed by atoms with Crippen LogP contribution in [0.1, 0.15) is 23.6 Å². The SMILES string of the molecule is CC(=O)Nc1ccc(N2C(=O)[C@@H]3[C@H](Cc4c[nH]c5ccccc45)N[C@]4(C(=O)Nc5c(Cl)cc(C)cc54)[C@@H]3C2=O)cc1. The number of carbonyl (C=O) groups excluding carboxylic acids is 4. The van der Waals surface area contributed by atoms with Gasteiger partial charge in [0.25, 0.3) is 0 Å². The summed E-state index contributed by atoms with van der Waals surface area (Å²) in [5, 5.41) is 10.5. The number of para-hydroxylation sites is 1. The number of imide groups is 1. The predicted octanol–water partition coefficient (Wildman–Crippen LogP) is 4.26. The summed E-state index contributed by atoms with van der Waals surface area (Å²) in [6.07, 6.45) is 2.33. The Balaban J connectivity index is 1.35. The van der Waals surface area contributed by atoms with Crippen molar-refractivity contribution in [3.8, 4) is 0 Å². The van der Waals surface area contributed by atoms with Gasteiger partial charge >= 0.3 is 0 Å². The zero-order chi connectivity index (χ0) is 28.6. The Kier molecular flexibility index (Phi) is 5.61. The van der Waals surface area contributed by atoms with Crippen LogP contribution in [0.3, 0.4) is 0 Å². The van der Waals surface area contributed by atoms with Crippen LogP contribution in [0, 0.1) is 18.8 Å². The third-order valence-electron chi connectivity index (χ3n) is 8.48. The van der Waals surface area contributed by atoms with Gasteiger partial charge in [0.15, 0.2) is 0 Å². The molecule has 4 N–H and O–H groups in total. The van der Waals surface area contributed by atoms with Crippen molar-refractivity contribution in [2.45, 2.75) is 31.8 Å². The standard InChI is InChI=1S/C31H26ClN5O4/c1-15-11-21-27(22(32)12-15)35-30(41)31(21)26-25(24(36-31)13-17-14-33-23-6-4-3-5-20(17)23)28(39)37(29(26)40)19-9-7-18(8-10-19)34-16(2)38/h3-12,14,24-26,33,36H,13H2,1-2H3,(H,34,38)(H,35,41)/t24-,25+,26-,31-/m0/s1. The molecule has 2 saturated heterocycles. The van der Waals surface area contributed by atoms with E-state index in [0.717, 1.165) is 22.0 Å². The summed E-state index contributed by atoms with van der Waals surface area (Å²) in [6.45, 7) is 3.28. The van der Waals surface area contributed by atoms with E-state index in [1.807, 2.05) is 43.5 Å². The van der Waals surface area contributed by atoms with E-state index >= 15 is 0 Å². The van der Waals surface area contributed by atoms with E-state index in [4.69, 9.17) is 11.6 Å². The van der Waals surface area contributed by atoms with Crippen molar-refractivity contribution in [1.82, 2.24) is 10.3 Å². The normalized spacial score (nSPS) is 24.7. The molecule has 3 aliphatic heterocycles. The minimum Gasteiger partial charge on any atom is -0.361 e. The molecule has 4 amide bonds. The van der Waals surface area contributed by atoms with E-state index in [2.05, 4.69) is 20.9 Å². The summed E-state index contributed by atoms with van der Waals surface area (Å²) in [5.74, 6) is -3.25. The first kappa shape index (κ1) is 25.5. The smallest absolute Gasteiger partial charge is 0.250 e. The van der Waals surface area contributed by atoms with Crippen LogP contribution in [0.2, 0.25) is 5.02 Å². The zero-order valence-electron chi connectivity index (χ0n) is 22.2. The maximum atomic E-state index is 14.3. The quantitative estimate of drug-likeness (QED) is 0.274. The average molecular weight is 568 g/mol. The largest absolute Gasteiger partial charge is 0.361 e. The lowest BCUT2D eigenvalue weighted by atomic mass is 9.76. The number of aryl methyl sites for hydroxylation is 1. The number of halogens is 1. The third-order valence-corrected chi connectivity index (χ3v) is 8.78. The van der Waals surface area contributed by atoms with Gasteiger partial charge in [0.05, 0.1) is 28.2 Å². The molecule has 0 saturated carbocycles. The number of nitrogens with zero attached hydrogens (tertiary/aromatic N) is 1. The van der Waals surface area contributed by atoms with Gasteiger partial charge in [-0.05, 0) is 60.9 Å². The second kappa shape index (κ2) is 9.02. The number of aromatic nitrogens is 1. The van der Waals surface area contributed by atoms with Crippen LogP contribution in [0.5, 0.6) is 0 Å². The van der Waals surface area contributed by atoms with Crippen LogP contribution in [0.4, 0.5) is 17.1 Å². The average Bonchev–Trinajstić information content (AvgIpc) is 3.64. The number of carbonyl (C=O) groups is 4. The fraction of sp³-hybridized carbons (Fsp3) is 0.226. The van der Waals surface area contributed by atoms with Gasteiger partial charge in [0, 0.05) is 41.3 Å². The van der Waals surface area contributed by atoms with Crippen molar-refractivity contribution in [1.29, 1.82) is 0 Å². The highest BCUT2D eigenvalue weighted by Crippen LogP contribution is 2.55. The Morgan fingerprint density at radius 1 is 1.05 bits per heavy atom. The van der Waals surface area contributed by atoms with Crippen LogP contribution in [-0.2, 0) is 31.1 Å². The molecule has 3 aromatic carbocycles. The molecule has 10 heteroatoms. The Labute approximate surface area is 240 Å². The fourth-order valence-corrected chi connectivity index (χ4v) is 7.18. The maximum absolute atomic E-state index is 14.3. The van der Waals surface area contributed by atoms with E-state index in [-0.39, 0.29) is 11.8 Å². The van der Waals surface area contributed by atoms with Crippen molar-refractivity contribution in [3.63, 3.8) is 0 Å². The third kappa shape index (κ3) is 3.66. The Morgan fingerprint density at radius 3 is 2.56 bits per heavy atom. The minimum absolute atomic E-state index is 0.228. The summed E-state index contributed by atoms with van der Waals surface area (Å²) >= 11 is 6.56. The molecule has 41 heavy (non-hydrogen) atoms. The van der Waals surface area contributed by atoms with E-state index in [1.165, 1.54) is 11.8 Å². The van der Waals surface area contributed by atoms with Crippen LogP contribution >= 0.6 is 11.6 Å². The molecule has 4 heterocycles. The van der Waals surface area contributed by atoms with Crippen molar-refractivity contribution in [2.75, 3.05) is 15.5 Å². The van der Waals surface area contributed by atoms with E-state index in [0.29, 0.717) is 34.1 Å². The van der Waals surface area contributed by atoms with Crippen LogP contribution in [0.25, 0.3) is 10.9 Å². The molecule has 4 atom stereocenters. The van der Waals surface area contributed by atoms with Crippen LogP contribution < -0.4 is 20.9 Å². The van der Waals surface area contributed by atoms with Gasteiger partial charge in [0.2, 0.25) is 23.6 Å². The lowest BCUT2D eigenvalue weighted by Gasteiger charge is -2.30. The topological polar surface area (TPSA) is 123 Å². The molecule has 1 aromatic heterocycles. The predicted molar refractivity (Wildman–Crippen MR) is 156 cm³/mol. The molecule has 9 nitrogen and oxygen atoms in total. The number of hydrogen-bond acceptors (Lipinski definition) is 5. The first-order chi connectivity index (χ1) is 19.7.